The molecule has 1 aliphatic heterocycles. The van der Waals surface area contributed by atoms with Crippen LogP contribution in [-0.4, -0.2) is 84.5 Å². The highest BCUT2D eigenvalue weighted by molar-refractivity contribution is 8.93. The molecule has 7 N–H and O–H groups in total. The molecule has 1 aromatic heterocycles. The van der Waals surface area contributed by atoms with Crippen molar-refractivity contribution in [2.45, 2.75) is 63.1 Å². The third kappa shape index (κ3) is 14.1. The predicted molar refractivity (Wildman–Crippen MR) is 169 cm³/mol. The number of aromatic nitrogens is 2. The molecule has 0 bridgehead atoms. The van der Waals surface area contributed by atoms with Crippen molar-refractivity contribution in [1.29, 1.82) is 0 Å². The topological polar surface area (TPSA) is 278 Å². The van der Waals surface area contributed by atoms with Gasteiger partial charge in [-0.25, -0.2) is 23.3 Å². The van der Waals surface area contributed by atoms with Crippen LogP contribution in [0.25, 0.3) is 0 Å². The minimum Gasteiger partial charge on any atom is -0.446 e. The van der Waals surface area contributed by atoms with Crippen LogP contribution >= 0.6 is 43.3 Å². The maximum atomic E-state index is 12.4. The molecule has 19 nitrogen and oxygen atoms in total. The summed E-state index contributed by atoms with van der Waals surface area (Å²) in [5.41, 5.74) is 4.81. The van der Waals surface area contributed by atoms with E-state index in [0.717, 1.165) is 36.7 Å². The van der Waals surface area contributed by atoms with Gasteiger partial charge in [-0.15, -0.1) is 0 Å². The van der Waals surface area contributed by atoms with Crippen LogP contribution in [0.2, 0.25) is 0 Å². The van der Waals surface area contributed by atoms with Crippen LogP contribution in [0.4, 0.5) is 10.6 Å². The number of ether oxygens (including phenoxy) is 3. The second kappa shape index (κ2) is 16.9. The number of phosphoric ester groups is 1. The van der Waals surface area contributed by atoms with Crippen LogP contribution in [0.15, 0.2) is 29.2 Å². The van der Waals surface area contributed by atoms with Gasteiger partial charge in [-0.05, 0) is 50.7 Å². The Balaban J connectivity index is 1.58. The smallest absolute Gasteiger partial charge is 0.446 e. The Labute approximate surface area is 269 Å². The van der Waals surface area contributed by atoms with Gasteiger partial charge in [-0.2, -0.15) is 22.7 Å². The maximum absolute atomic E-state index is 12.4. The van der Waals surface area contributed by atoms with Crippen LogP contribution in [0.3, 0.4) is 0 Å². The lowest BCUT2D eigenvalue weighted by atomic mass is 10.0. The zero-order valence-electron chi connectivity index (χ0n) is 24.9. The van der Waals surface area contributed by atoms with Gasteiger partial charge in [-0.1, -0.05) is 22.9 Å². The lowest BCUT2D eigenvalue weighted by molar-refractivity contribution is -0.0543. The van der Waals surface area contributed by atoms with Gasteiger partial charge in [0.25, 0.3) is 0 Å². The van der Waals surface area contributed by atoms with E-state index in [-0.39, 0.29) is 24.3 Å². The van der Waals surface area contributed by atoms with Gasteiger partial charge in [0.15, 0.2) is 0 Å². The van der Waals surface area contributed by atoms with Crippen molar-refractivity contribution in [3.8, 4) is 0 Å². The Morgan fingerprint density at radius 2 is 1.87 bits per heavy atom. The summed E-state index contributed by atoms with van der Waals surface area (Å²) in [6.07, 6.45) is 10.1. The summed E-state index contributed by atoms with van der Waals surface area (Å²) >= 11 is 0. The van der Waals surface area contributed by atoms with E-state index >= 15 is 0 Å². The fourth-order valence-electron chi connectivity index (χ4n) is 4.27. The van der Waals surface area contributed by atoms with Gasteiger partial charge < -0.3 is 44.8 Å². The van der Waals surface area contributed by atoms with Crippen molar-refractivity contribution in [3.63, 3.8) is 0 Å². The first-order chi connectivity index (χ1) is 21.3. The predicted octanol–water partition coefficient (Wildman–Crippen LogP) is 3.08. The van der Waals surface area contributed by atoms with Gasteiger partial charge in [0.1, 0.15) is 30.2 Å². The number of carbonyl (C=O) groups is 1. The summed E-state index contributed by atoms with van der Waals surface area (Å²) in [6.45, 7) is -0.784. The third-order valence-corrected chi connectivity index (χ3v) is 14.4. The van der Waals surface area contributed by atoms with Crippen LogP contribution in [0, 0.1) is 0 Å². The second-order valence-electron chi connectivity index (χ2n) is 10.5. The lowest BCUT2D eigenvalue weighted by Gasteiger charge is -2.31. The number of hydrogen-bond donors (Lipinski definition) is 6. The summed E-state index contributed by atoms with van der Waals surface area (Å²) in [5.74, 6) is 0.352. The van der Waals surface area contributed by atoms with E-state index in [9.17, 15) is 33.1 Å². The minimum atomic E-state index is -5.73. The first-order valence-corrected chi connectivity index (χ1v) is 22.3. The molecule has 2 heterocycles. The van der Waals surface area contributed by atoms with E-state index < -0.39 is 69.4 Å². The number of nitrogens with one attached hydrogen (secondary N) is 1. The SMILES string of the molecule is CS(C)(CNC(=O)OC1CC/C=C/CCC1)SCO[C@@H]1C[C@H](n2ccc(N)nc2=O)OC1COP(=O)(O)OP(=O)(O)OP(=O)(O)O. The monoisotopic (exact) mass is 756 g/mol. The van der Waals surface area contributed by atoms with Gasteiger partial charge in [0, 0.05) is 12.6 Å². The molecule has 0 saturated carbocycles. The minimum absolute atomic E-state index is 0.0304. The Kier molecular flexibility index (Phi) is 14.4. The summed E-state index contributed by atoms with van der Waals surface area (Å²) in [4.78, 5) is 65.2. The molecule has 0 spiro atoms. The number of allylic oxidation sites excluding steroid dienone is 2. The zero-order valence-corrected chi connectivity index (χ0v) is 29.2. The quantitative estimate of drug-likeness (QED) is 0.0649. The Morgan fingerprint density at radius 1 is 1.15 bits per heavy atom. The highest BCUT2D eigenvalue weighted by Gasteiger charge is 2.43. The second-order valence-corrected chi connectivity index (χ2v) is 22.0. The summed E-state index contributed by atoms with van der Waals surface area (Å²) in [5, 5.41) is 2.81. The number of phosphoric acid groups is 3. The maximum Gasteiger partial charge on any atom is 0.490 e. The van der Waals surface area contributed by atoms with Gasteiger partial charge in [0.05, 0.1) is 18.6 Å². The van der Waals surface area contributed by atoms with Crippen LogP contribution in [0.5, 0.6) is 0 Å². The Hall–Kier alpha value is -1.28. The van der Waals surface area contributed by atoms with Crippen molar-refractivity contribution in [2.24, 2.45) is 0 Å². The van der Waals surface area contributed by atoms with Gasteiger partial charge in [0.2, 0.25) is 0 Å². The third-order valence-electron chi connectivity index (χ3n) is 6.37. The molecule has 1 fully saturated rings. The van der Waals surface area contributed by atoms with Crippen molar-refractivity contribution in [3.05, 3.63) is 34.9 Å². The summed E-state index contributed by atoms with van der Waals surface area (Å²) < 4.78 is 65.5. The van der Waals surface area contributed by atoms with E-state index in [4.69, 9.17) is 34.3 Å². The molecule has 1 amide bonds. The molecule has 0 aromatic carbocycles. The van der Waals surface area contributed by atoms with Crippen LogP contribution in [0.1, 0.15) is 44.8 Å². The number of amides is 1. The molecule has 1 aliphatic carbocycles. The molecular formula is C22H39N4O15P3S2. The first-order valence-electron chi connectivity index (χ1n) is 13.7. The summed E-state index contributed by atoms with van der Waals surface area (Å²) in [6, 6.07) is 1.36. The van der Waals surface area contributed by atoms with Gasteiger partial charge in [-0.3, -0.25) is 9.09 Å². The number of rotatable bonds is 15. The van der Waals surface area contributed by atoms with Crippen molar-refractivity contribution >= 4 is 55.2 Å². The molecule has 2 aliphatic rings. The molecule has 4 unspecified atom stereocenters. The first kappa shape index (κ1) is 39.2. The van der Waals surface area contributed by atoms with Crippen molar-refractivity contribution in [2.75, 3.05) is 36.7 Å². The standard InChI is InChI=1S/C22H39N4O15P3S2/c1-46(2,14-24-22(28)38-16-8-6-4-3-5-7-9-16)45-15-36-17-12-20(26-11-10-19(23)25-21(26)27)39-18(17)13-37-43(32,33)41-44(34,35)40-42(29,30)31/h3-4,10-11,16-18,20H,5-9,12-15H2,1-2H3,(H,24,28)(H,32,33)(H,34,35)(H2,23,25,27)(H2,29,30,31)/b4-3+/t16?,17-,18?,20-/m1/s1. The highest BCUT2D eigenvalue weighted by atomic mass is 33.2. The normalized spacial score (nSPS) is 26.2. The number of nitrogens with zero attached hydrogens (tertiary/aromatic N) is 2. The average Bonchev–Trinajstić information content (AvgIpc) is 3.28. The Morgan fingerprint density at radius 3 is 2.57 bits per heavy atom. The number of nitrogen functional groups attached to an aromatic ring is 1. The number of hydrogen-bond acceptors (Lipinski definition) is 14. The van der Waals surface area contributed by atoms with E-state index in [0.29, 0.717) is 5.88 Å². The molecule has 1 aromatic rings. The fourth-order valence-corrected chi connectivity index (χ4v) is 9.71. The van der Waals surface area contributed by atoms with Gasteiger partial charge >= 0.3 is 35.3 Å². The number of nitrogens with two attached hydrogens (primary N) is 1. The van der Waals surface area contributed by atoms with E-state index in [1.54, 1.807) is 0 Å². The molecule has 3 rings (SSSR count). The molecule has 46 heavy (non-hydrogen) atoms. The fraction of sp³-hybridized carbons (Fsp3) is 0.682. The molecule has 1 saturated heterocycles. The molecule has 0 radical (unpaired) electrons. The molecule has 264 valence electrons. The highest BCUT2D eigenvalue weighted by Crippen LogP contribution is 2.66. The lowest BCUT2D eigenvalue weighted by Crippen LogP contribution is -2.31. The average molecular weight is 757 g/mol. The van der Waals surface area contributed by atoms with E-state index in [1.807, 2.05) is 12.5 Å². The zero-order chi connectivity index (χ0) is 34.2. The van der Waals surface area contributed by atoms with E-state index in [2.05, 4.69) is 31.1 Å². The number of anilines is 1. The molecule has 6 atom stereocenters. The Bertz CT molecular complexity index is 1430. The van der Waals surface area contributed by atoms with Crippen LogP contribution in [-0.2, 0) is 41.1 Å². The molecular weight excluding hydrogens is 717 g/mol. The molecule has 24 heteroatoms. The largest absolute Gasteiger partial charge is 0.490 e. The number of carbonyl (C=O) groups excluding carboxylic acids is 1. The van der Waals surface area contributed by atoms with Crippen LogP contribution < -0.4 is 16.7 Å². The number of alkyl carbamates (subject to hydrolysis) is 1. The summed E-state index contributed by atoms with van der Waals surface area (Å²) in [7, 11) is -16.9. The van der Waals surface area contributed by atoms with Crippen molar-refractivity contribution < 1.29 is 65.4 Å². The van der Waals surface area contributed by atoms with E-state index in [1.165, 1.54) is 23.1 Å². The van der Waals surface area contributed by atoms with Crippen molar-refractivity contribution in [1.82, 2.24) is 14.9 Å².